The maximum Gasteiger partial charge on any atom is 0.268 e. The number of carbonyl (C=O) groups excluding carboxylic acids is 1. The summed E-state index contributed by atoms with van der Waals surface area (Å²) in [6.07, 6.45) is 3.59. The molecule has 114 valence electrons. The topological polar surface area (TPSA) is 51.9 Å². The van der Waals surface area contributed by atoms with Gasteiger partial charge in [-0.25, -0.2) is 4.98 Å². The number of benzene rings is 1. The van der Waals surface area contributed by atoms with Crippen molar-refractivity contribution in [2.75, 3.05) is 0 Å². The predicted molar refractivity (Wildman–Crippen MR) is 86.8 cm³/mol. The minimum atomic E-state index is -0.0845. The van der Waals surface area contributed by atoms with Gasteiger partial charge in [0.05, 0.1) is 12.1 Å². The normalized spacial score (nSPS) is 11.1. The molecule has 0 aliphatic heterocycles. The van der Waals surface area contributed by atoms with Crippen molar-refractivity contribution >= 4 is 16.8 Å². The first-order valence-electron chi connectivity index (χ1n) is 7.28. The molecule has 0 aliphatic rings. The van der Waals surface area contributed by atoms with Crippen LogP contribution in [-0.2, 0) is 20.6 Å². The fraction of sp³-hybridized carbons (Fsp3) is 0.294. The quantitative estimate of drug-likeness (QED) is 0.807. The van der Waals surface area contributed by atoms with Crippen LogP contribution in [0.2, 0.25) is 0 Å². The van der Waals surface area contributed by atoms with Gasteiger partial charge in [-0.2, -0.15) is 0 Å². The van der Waals surface area contributed by atoms with Crippen LogP contribution >= 0.6 is 0 Å². The van der Waals surface area contributed by atoms with E-state index >= 15 is 0 Å². The summed E-state index contributed by atoms with van der Waals surface area (Å²) in [4.78, 5) is 16.7. The lowest BCUT2D eigenvalue weighted by atomic mass is 10.1. The summed E-state index contributed by atoms with van der Waals surface area (Å²) in [5.74, 6) is 0.748. The first kappa shape index (κ1) is 14.4. The van der Waals surface area contributed by atoms with Crippen LogP contribution in [0.3, 0.4) is 0 Å². The van der Waals surface area contributed by atoms with Gasteiger partial charge in [-0.15, -0.1) is 0 Å². The van der Waals surface area contributed by atoms with Gasteiger partial charge < -0.3 is 14.5 Å². The molecule has 1 amide bonds. The van der Waals surface area contributed by atoms with E-state index in [1.165, 1.54) is 11.1 Å². The van der Waals surface area contributed by atoms with Crippen molar-refractivity contribution in [3.8, 4) is 0 Å². The Morgan fingerprint density at radius 3 is 2.68 bits per heavy atom. The molecule has 5 nitrogen and oxygen atoms in total. The summed E-state index contributed by atoms with van der Waals surface area (Å²) in [6, 6.07) is 6.19. The molecule has 0 fully saturated rings. The van der Waals surface area contributed by atoms with Gasteiger partial charge >= 0.3 is 0 Å². The number of imidazole rings is 1. The van der Waals surface area contributed by atoms with E-state index < -0.39 is 0 Å². The van der Waals surface area contributed by atoms with Gasteiger partial charge in [0.25, 0.3) is 5.91 Å². The number of rotatable bonds is 3. The molecule has 0 saturated heterocycles. The summed E-state index contributed by atoms with van der Waals surface area (Å²) in [5.41, 5.74) is 4.15. The smallest absolute Gasteiger partial charge is 0.268 e. The number of aryl methyl sites for hydroxylation is 4. The van der Waals surface area contributed by atoms with Gasteiger partial charge in [0, 0.05) is 31.9 Å². The fourth-order valence-electron chi connectivity index (χ4n) is 2.96. The molecule has 0 aliphatic carbocycles. The van der Waals surface area contributed by atoms with Gasteiger partial charge in [0.2, 0.25) is 0 Å². The minimum Gasteiger partial charge on any atom is -0.344 e. The highest BCUT2D eigenvalue weighted by Gasteiger charge is 2.15. The Balaban J connectivity index is 1.89. The van der Waals surface area contributed by atoms with Crippen LogP contribution in [0.15, 0.2) is 30.6 Å². The first-order chi connectivity index (χ1) is 10.5. The predicted octanol–water partition coefficient (Wildman–Crippen LogP) is 2.46. The highest BCUT2D eigenvalue weighted by atomic mass is 16.1. The molecule has 0 unspecified atom stereocenters. The maximum absolute atomic E-state index is 12.5. The Labute approximate surface area is 129 Å². The zero-order chi connectivity index (χ0) is 15.9. The van der Waals surface area contributed by atoms with E-state index in [1.807, 2.05) is 35.5 Å². The Morgan fingerprint density at radius 2 is 2.00 bits per heavy atom. The number of amides is 1. The monoisotopic (exact) mass is 296 g/mol. The molecule has 0 spiro atoms. The Morgan fingerprint density at radius 1 is 1.23 bits per heavy atom. The Kier molecular flexibility index (Phi) is 3.48. The van der Waals surface area contributed by atoms with Crippen molar-refractivity contribution in [3.63, 3.8) is 0 Å². The number of nitrogens with zero attached hydrogens (tertiary/aromatic N) is 3. The van der Waals surface area contributed by atoms with E-state index in [0.29, 0.717) is 12.2 Å². The van der Waals surface area contributed by atoms with Crippen molar-refractivity contribution in [2.45, 2.75) is 20.4 Å². The number of aromatic nitrogens is 3. The molecule has 22 heavy (non-hydrogen) atoms. The zero-order valence-electron chi connectivity index (χ0n) is 13.3. The average molecular weight is 296 g/mol. The molecule has 3 aromatic rings. The molecule has 3 rings (SSSR count). The summed E-state index contributed by atoms with van der Waals surface area (Å²) in [6.45, 7) is 4.56. The summed E-state index contributed by atoms with van der Waals surface area (Å²) in [7, 11) is 3.85. The van der Waals surface area contributed by atoms with E-state index in [1.54, 1.807) is 6.20 Å². The van der Waals surface area contributed by atoms with Crippen LogP contribution in [0.4, 0.5) is 0 Å². The van der Waals surface area contributed by atoms with Crippen molar-refractivity contribution in [2.24, 2.45) is 14.1 Å². The third-order valence-electron chi connectivity index (χ3n) is 4.02. The van der Waals surface area contributed by atoms with Gasteiger partial charge in [-0.3, -0.25) is 4.79 Å². The molecule has 0 atom stereocenters. The van der Waals surface area contributed by atoms with Gasteiger partial charge in [-0.1, -0.05) is 11.6 Å². The second-order valence-corrected chi connectivity index (χ2v) is 5.75. The zero-order valence-corrected chi connectivity index (χ0v) is 13.3. The van der Waals surface area contributed by atoms with Gasteiger partial charge in [-0.05, 0) is 31.5 Å². The van der Waals surface area contributed by atoms with Crippen LogP contribution in [0.25, 0.3) is 10.9 Å². The lowest BCUT2D eigenvalue weighted by Gasteiger charge is -2.08. The van der Waals surface area contributed by atoms with E-state index in [-0.39, 0.29) is 5.91 Å². The molecule has 1 N–H and O–H groups in total. The SMILES string of the molecule is Cc1cc(C)c2c(c1)cc(C(=O)NCc1nccn1C)n2C. The highest BCUT2D eigenvalue weighted by molar-refractivity contribution is 5.99. The first-order valence-corrected chi connectivity index (χ1v) is 7.28. The lowest BCUT2D eigenvalue weighted by Crippen LogP contribution is -2.26. The number of hydrogen-bond donors (Lipinski definition) is 1. The van der Waals surface area contributed by atoms with Crippen LogP contribution in [0, 0.1) is 13.8 Å². The van der Waals surface area contributed by atoms with Gasteiger partial charge in [0.1, 0.15) is 11.5 Å². The van der Waals surface area contributed by atoms with Gasteiger partial charge in [0.15, 0.2) is 0 Å². The molecule has 2 aromatic heterocycles. The average Bonchev–Trinajstić information content (AvgIpc) is 3.00. The summed E-state index contributed by atoms with van der Waals surface area (Å²) >= 11 is 0. The number of carbonyl (C=O) groups is 1. The van der Waals surface area contributed by atoms with Crippen molar-refractivity contribution < 1.29 is 4.79 Å². The molecule has 2 heterocycles. The second kappa shape index (κ2) is 5.33. The fourth-order valence-corrected chi connectivity index (χ4v) is 2.96. The van der Waals surface area contributed by atoms with E-state index in [9.17, 15) is 4.79 Å². The van der Waals surface area contributed by atoms with Crippen molar-refractivity contribution in [1.82, 2.24) is 19.4 Å². The minimum absolute atomic E-state index is 0.0845. The molecule has 0 radical (unpaired) electrons. The molecule has 5 heteroatoms. The van der Waals surface area contributed by atoms with Crippen LogP contribution in [0.5, 0.6) is 0 Å². The van der Waals surface area contributed by atoms with Crippen LogP contribution in [0.1, 0.15) is 27.4 Å². The third kappa shape index (κ3) is 2.39. The molecular weight excluding hydrogens is 276 g/mol. The largest absolute Gasteiger partial charge is 0.344 e. The second-order valence-electron chi connectivity index (χ2n) is 5.75. The standard InChI is InChI=1S/C17H20N4O/c1-11-7-12(2)16-13(8-11)9-14(21(16)4)17(22)19-10-15-18-5-6-20(15)3/h5-9H,10H2,1-4H3,(H,19,22). The Hall–Kier alpha value is -2.56. The number of hydrogen-bond acceptors (Lipinski definition) is 2. The summed E-state index contributed by atoms with van der Waals surface area (Å²) in [5, 5.41) is 4.03. The van der Waals surface area contributed by atoms with E-state index in [2.05, 4.69) is 36.3 Å². The Bertz CT molecular complexity index is 857. The van der Waals surface area contributed by atoms with Crippen molar-refractivity contribution in [3.05, 3.63) is 53.2 Å². The molecule has 0 saturated carbocycles. The maximum atomic E-state index is 12.5. The highest BCUT2D eigenvalue weighted by Crippen LogP contribution is 2.24. The molecule has 0 bridgehead atoms. The lowest BCUT2D eigenvalue weighted by molar-refractivity contribution is 0.0942. The third-order valence-corrected chi connectivity index (χ3v) is 4.02. The van der Waals surface area contributed by atoms with Crippen molar-refractivity contribution in [1.29, 1.82) is 0 Å². The summed E-state index contributed by atoms with van der Waals surface area (Å²) < 4.78 is 3.85. The molecule has 1 aromatic carbocycles. The number of fused-ring (bicyclic) bond motifs is 1. The van der Waals surface area contributed by atoms with Crippen LogP contribution < -0.4 is 5.32 Å². The van der Waals surface area contributed by atoms with E-state index in [4.69, 9.17) is 0 Å². The number of nitrogens with one attached hydrogen (secondary N) is 1. The molecular formula is C17H20N4O. The van der Waals surface area contributed by atoms with E-state index in [0.717, 1.165) is 16.7 Å². The van der Waals surface area contributed by atoms with Crippen LogP contribution in [-0.4, -0.2) is 20.0 Å².